The highest BCUT2D eigenvalue weighted by atomic mass is 16.2. The Bertz CT molecular complexity index is 1010. The lowest BCUT2D eigenvalue weighted by atomic mass is 9.49. The van der Waals surface area contributed by atoms with E-state index in [2.05, 4.69) is 34.6 Å². The molecule has 5 aliphatic carbocycles. The smallest absolute Gasteiger partial charge is 0.223 e. The minimum Gasteiger partial charge on any atom is -0.341 e. The van der Waals surface area contributed by atoms with E-state index in [1.54, 1.807) is 0 Å². The molecule has 0 saturated heterocycles. The number of benzene rings is 1. The molecule has 3 heteroatoms. The van der Waals surface area contributed by atoms with Crippen molar-refractivity contribution in [2.45, 2.75) is 83.7 Å². The Balaban J connectivity index is 1.22. The van der Waals surface area contributed by atoms with Crippen LogP contribution in [0.4, 0.5) is 0 Å². The standard InChI is InChI=1S/C27H34N2O/c1-17-5-6-23-22(9-17)21-3-2-4-24-26(21)29(23)8-7-28(24)25(30)16-27-13-18-10-19(14-27)12-20(11-18)15-27/h5-6,9,18-20,24H,2-4,7-8,10-16H2,1H3/t18?,19?,20?,24-,27?/m0/s1. The van der Waals surface area contributed by atoms with E-state index in [4.69, 9.17) is 0 Å². The molecule has 0 N–H and O–H groups in total. The first-order chi connectivity index (χ1) is 14.6. The molecule has 0 spiro atoms. The molecule has 2 heterocycles. The van der Waals surface area contributed by atoms with E-state index in [0.29, 0.717) is 17.4 Å². The fraction of sp³-hybridized carbons (Fsp3) is 0.667. The SMILES string of the molecule is Cc1ccc2c(c1)c1c3n2CCN(C(=O)CC24CC5CC(CC(C5)C2)C4)[C@H]3CCC1. The van der Waals surface area contributed by atoms with E-state index >= 15 is 0 Å². The van der Waals surface area contributed by atoms with Crippen LogP contribution >= 0.6 is 0 Å². The van der Waals surface area contributed by atoms with Crippen LogP contribution < -0.4 is 0 Å². The van der Waals surface area contributed by atoms with Crippen LogP contribution in [0.5, 0.6) is 0 Å². The average molecular weight is 403 g/mol. The van der Waals surface area contributed by atoms with Crippen LogP contribution in [0.1, 0.15) is 80.7 Å². The molecule has 1 aromatic heterocycles. The summed E-state index contributed by atoms with van der Waals surface area (Å²) in [7, 11) is 0. The van der Waals surface area contributed by atoms with Crippen molar-refractivity contribution in [1.82, 2.24) is 9.47 Å². The van der Waals surface area contributed by atoms with Crippen LogP contribution in [0, 0.1) is 30.1 Å². The van der Waals surface area contributed by atoms with Gasteiger partial charge in [0.05, 0.1) is 6.04 Å². The molecule has 1 amide bonds. The Morgan fingerprint density at radius 3 is 2.53 bits per heavy atom. The Kier molecular flexibility index (Phi) is 3.66. The number of aromatic nitrogens is 1. The fourth-order valence-electron chi connectivity index (χ4n) is 8.95. The van der Waals surface area contributed by atoms with Gasteiger partial charge in [-0.2, -0.15) is 0 Å². The maximum atomic E-state index is 13.8. The number of fused-ring (bicyclic) bond motifs is 3. The zero-order valence-electron chi connectivity index (χ0n) is 18.3. The molecule has 2 aromatic rings. The maximum absolute atomic E-state index is 13.8. The molecule has 4 saturated carbocycles. The van der Waals surface area contributed by atoms with Crippen LogP contribution in [-0.2, 0) is 17.8 Å². The summed E-state index contributed by atoms with van der Waals surface area (Å²) < 4.78 is 2.56. The minimum atomic E-state index is 0.316. The van der Waals surface area contributed by atoms with Crippen molar-refractivity contribution in [3.8, 4) is 0 Å². The zero-order chi connectivity index (χ0) is 20.0. The van der Waals surface area contributed by atoms with Crippen molar-refractivity contribution in [1.29, 1.82) is 0 Å². The quantitative estimate of drug-likeness (QED) is 0.625. The number of amides is 1. The molecule has 1 atom stereocenters. The maximum Gasteiger partial charge on any atom is 0.223 e. The highest BCUT2D eigenvalue weighted by Crippen LogP contribution is 2.61. The minimum absolute atomic E-state index is 0.316. The van der Waals surface area contributed by atoms with Crippen molar-refractivity contribution in [3.63, 3.8) is 0 Å². The van der Waals surface area contributed by atoms with Crippen molar-refractivity contribution in [2.24, 2.45) is 23.2 Å². The number of nitrogens with zero attached hydrogens (tertiary/aromatic N) is 2. The molecule has 0 unspecified atom stereocenters. The Hall–Kier alpha value is -1.77. The average Bonchev–Trinajstić information content (AvgIpc) is 3.02. The molecule has 3 nitrogen and oxygen atoms in total. The summed E-state index contributed by atoms with van der Waals surface area (Å²) in [5.74, 6) is 3.26. The lowest BCUT2D eigenvalue weighted by molar-refractivity contribution is -0.143. The Morgan fingerprint density at radius 2 is 1.80 bits per heavy atom. The second kappa shape index (κ2) is 6.14. The summed E-state index contributed by atoms with van der Waals surface area (Å²) in [4.78, 5) is 16.1. The third-order valence-electron chi connectivity index (χ3n) is 9.54. The van der Waals surface area contributed by atoms with Gasteiger partial charge in [0.25, 0.3) is 0 Å². The molecule has 6 aliphatic rings. The van der Waals surface area contributed by atoms with Gasteiger partial charge in [0, 0.05) is 36.1 Å². The van der Waals surface area contributed by atoms with E-state index in [9.17, 15) is 4.79 Å². The summed E-state index contributed by atoms with van der Waals surface area (Å²) in [6, 6.07) is 7.25. The molecule has 1 aromatic carbocycles. The van der Waals surface area contributed by atoms with Crippen LogP contribution in [0.15, 0.2) is 18.2 Å². The Labute approximate surface area is 179 Å². The van der Waals surface area contributed by atoms with Gasteiger partial charge in [0.2, 0.25) is 5.91 Å². The van der Waals surface area contributed by atoms with E-state index in [0.717, 1.165) is 43.7 Å². The number of rotatable bonds is 2. The largest absolute Gasteiger partial charge is 0.341 e. The van der Waals surface area contributed by atoms with Crippen molar-refractivity contribution in [2.75, 3.05) is 6.54 Å². The monoisotopic (exact) mass is 402 g/mol. The molecule has 8 rings (SSSR count). The second-order valence-electron chi connectivity index (χ2n) is 11.6. The van der Waals surface area contributed by atoms with Crippen LogP contribution in [-0.4, -0.2) is 21.9 Å². The number of aryl methyl sites for hydroxylation is 2. The van der Waals surface area contributed by atoms with E-state index in [1.165, 1.54) is 79.1 Å². The third-order valence-corrected chi connectivity index (χ3v) is 9.54. The van der Waals surface area contributed by atoms with Gasteiger partial charge in [-0.15, -0.1) is 0 Å². The lowest BCUT2D eigenvalue weighted by Crippen LogP contribution is -2.50. The molecular weight excluding hydrogens is 368 g/mol. The lowest BCUT2D eigenvalue weighted by Gasteiger charge is -2.57. The van der Waals surface area contributed by atoms with E-state index in [1.807, 2.05) is 0 Å². The predicted octanol–water partition coefficient (Wildman–Crippen LogP) is 5.78. The first-order valence-corrected chi connectivity index (χ1v) is 12.5. The number of hydrogen-bond acceptors (Lipinski definition) is 1. The third kappa shape index (κ3) is 2.47. The van der Waals surface area contributed by atoms with Gasteiger partial charge in [-0.05, 0) is 106 Å². The zero-order valence-corrected chi connectivity index (χ0v) is 18.3. The van der Waals surface area contributed by atoms with Crippen LogP contribution in [0.25, 0.3) is 10.9 Å². The summed E-state index contributed by atoms with van der Waals surface area (Å²) in [5, 5.41) is 1.45. The van der Waals surface area contributed by atoms with Crippen molar-refractivity contribution < 1.29 is 4.79 Å². The summed E-state index contributed by atoms with van der Waals surface area (Å²) >= 11 is 0. The summed E-state index contributed by atoms with van der Waals surface area (Å²) in [6.45, 7) is 4.07. The number of carbonyl (C=O) groups is 1. The molecule has 1 aliphatic heterocycles. The molecule has 0 radical (unpaired) electrons. The van der Waals surface area contributed by atoms with E-state index in [-0.39, 0.29) is 0 Å². The van der Waals surface area contributed by atoms with Gasteiger partial charge >= 0.3 is 0 Å². The van der Waals surface area contributed by atoms with Gasteiger partial charge in [-0.3, -0.25) is 4.79 Å². The van der Waals surface area contributed by atoms with Crippen LogP contribution in [0.2, 0.25) is 0 Å². The fourth-order valence-corrected chi connectivity index (χ4v) is 8.95. The summed E-state index contributed by atoms with van der Waals surface area (Å²) in [6.07, 6.45) is 12.8. The van der Waals surface area contributed by atoms with E-state index < -0.39 is 0 Å². The highest BCUT2D eigenvalue weighted by Gasteiger charge is 2.52. The topological polar surface area (TPSA) is 25.2 Å². The molecule has 4 fully saturated rings. The molecule has 30 heavy (non-hydrogen) atoms. The Morgan fingerprint density at radius 1 is 1.07 bits per heavy atom. The van der Waals surface area contributed by atoms with Gasteiger partial charge < -0.3 is 9.47 Å². The predicted molar refractivity (Wildman–Crippen MR) is 119 cm³/mol. The summed E-state index contributed by atoms with van der Waals surface area (Å²) in [5.41, 5.74) is 6.11. The number of carbonyl (C=O) groups excluding carboxylic acids is 1. The molecule has 158 valence electrons. The normalized spacial score (nSPS) is 36.4. The molecule has 4 bridgehead atoms. The number of hydrogen-bond donors (Lipinski definition) is 0. The van der Waals surface area contributed by atoms with Gasteiger partial charge in [-0.1, -0.05) is 11.6 Å². The molecular formula is C27H34N2O. The van der Waals surface area contributed by atoms with Crippen LogP contribution in [0.3, 0.4) is 0 Å². The van der Waals surface area contributed by atoms with Gasteiger partial charge in [0.15, 0.2) is 0 Å². The van der Waals surface area contributed by atoms with Crippen molar-refractivity contribution >= 4 is 16.8 Å². The van der Waals surface area contributed by atoms with Crippen molar-refractivity contribution in [3.05, 3.63) is 35.0 Å². The second-order valence-corrected chi connectivity index (χ2v) is 11.6. The first-order valence-electron chi connectivity index (χ1n) is 12.5. The van der Waals surface area contributed by atoms with Gasteiger partial charge in [-0.25, -0.2) is 0 Å². The highest BCUT2D eigenvalue weighted by molar-refractivity contribution is 5.87. The van der Waals surface area contributed by atoms with Gasteiger partial charge in [0.1, 0.15) is 0 Å². The first kappa shape index (κ1) is 17.9.